The molecule has 3 rings (SSSR count). The van der Waals surface area contributed by atoms with E-state index >= 15 is 0 Å². The number of rotatable bonds is 5. The van der Waals surface area contributed by atoms with E-state index in [4.69, 9.17) is 11.6 Å². The van der Waals surface area contributed by atoms with Crippen molar-refractivity contribution in [3.63, 3.8) is 0 Å². The second-order valence-electron chi connectivity index (χ2n) is 6.37. The lowest BCUT2D eigenvalue weighted by Crippen LogP contribution is -2.33. The van der Waals surface area contributed by atoms with Gasteiger partial charge in [-0.2, -0.15) is 5.10 Å². The van der Waals surface area contributed by atoms with Gasteiger partial charge in [-0.05, 0) is 37.6 Å². The van der Waals surface area contributed by atoms with E-state index in [1.807, 2.05) is 48.5 Å². The van der Waals surface area contributed by atoms with Gasteiger partial charge < -0.3 is 4.90 Å². The maximum atomic E-state index is 12.9. The Morgan fingerprint density at radius 2 is 1.67 bits per heavy atom. The molecule has 0 bridgehead atoms. The lowest BCUT2D eigenvalue weighted by Gasteiger charge is -2.17. The molecule has 27 heavy (non-hydrogen) atoms. The normalized spacial score (nSPS) is 10.7. The Labute approximate surface area is 163 Å². The van der Waals surface area contributed by atoms with E-state index in [9.17, 15) is 9.59 Å². The zero-order chi connectivity index (χ0) is 19.6. The number of nitrogens with zero attached hydrogens (tertiary/aromatic N) is 3. The van der Waals surface area contributed by atoms with Crippen molar-refractivity contribution in [2.45, 2.75) is 20.4 Å². The van der Waals surface area contributed by atoms with Crippen molar-refractivity contribution in [1.82, 2.24) is 14.7 Å². The summed E-state index contributed by atoms with van der Waals surface area (Å²) in [7, 11) is 1.59. The van der Waals surface area contributed by atoms with Gasteiger partial charge >= 0.3 is 0 Å². The molecule has 0 aliphatic rings. The monoisotopic (exact) mass is 381 g/mol. The van der Waals surface area contributed by atoms with Gasteiger partial charge in [0.05, 0.1) is 22.6 Å². The molecule has 0 fully saturated rings. The minimum absolute atomic E-state index is 0.259. The Bertz CT molecular complexity index is 996. The Kier molecular flexibility index (Phi) is 5.42. The molecule has 6 heteroatoms. The molecule has 1 heterocycles. The fourth-order valence-corrected chi connectivity index (χ4v) is 3.22. The van der Waals surface area contributed by atoms with Crippen LogP contribution in [0.2, 0.25) is 5.02 Å². The van der Waals surface area contributed by atoms with Crippen LogP contribution < -0.4 is 0 Å². The van der Waals surface area contributed by atoms with Gasteiger partial charge in [0.25, 0.3) is 11.7 Å². The average molecular weight is 382 g/mol. The third kappa shape index (κ3) is 3.78. The molecule has 0 radical (unpaired) electrons. The van der Waals surface area contributed by atoms with E-state index in [0.29, 0.717) is 22.0 Å². The van der Waals surface area contributed by atoms with Crippen molar-refractivity contribution in [3.05, 3.63) is 82.1 Å². The molecule has 3 aromatic rings. The number of benzene rings is 2. The second kappa shape index (κ2) is 7.76. The number of amides is 1. The van der Waals surface area contributed by atoms with Crippen molar-refractivity contribution < 1.29 is 9.59 Å². The van der Waals surface area contributed by atoms with Crippen LogP contribution in [-0.2, 0) is 11.3 Å². The predicted molar refractivity (Wildman–Crippen MR) is 105 cm³/mol. The SMILES string of the molecule is Cc1nn(-c2ccccc2)c(C)c1C(=O)C(=O)N(C)Cc1ccccc1Cl. The Hall–Kier alpha value is -2.92. The minimum atomic E-state index is -0.589. The van der Waals surface area contributed by atoms with Crippen molar-refractivity contribution in [2.75, 3.05) is 7.05 Å². The molecule has 0 N–H and O–H groups in total. The second-order valence-corrected chi connectivity index (χ2v) is 6.78. The van der Waals surface area contributed by atoms with E-state index in [0.717, 1.165) is 11.3 Å². The van der Waals surface area contributed by atoms with Gasteiger partial charge in [0.1, 0.15) is 0 Å². The third-order valence-electron chi connectivity index (χ3n) is 4.43. The Balaban J connectivity index is 1.86. The summed E-state index contributed by atoms with van der Waals surface area (Å²) in [5.41, 5.74) is 3.14. The number of carbonyl (C=O) groups is 2. The van der Waals surface area contributed by atoms with Crippen LogP contribution in [0.1, 0.15) is 27.3 Å². The van der Waals surface area contributed by atoms with Gasteiger partial charge in [0.15, 0.2) is 0 Å². The number of ketones is 1. The number of carbonyl (C=O) groups excluding carboxylic acids is 2. The van der Waals surface area contributed by atoms with E-state index < -0.39 is 11.7 Å². The molecule has 138 valence electrons. The van der Waals surface area contributed by atoms with E-state index in [-0.39, 0.29) is 6.54 Å². The molecule has 0 saturated carbocycles. The number of Topliss-reactive ketones (excluding diaryl/α,β-unsaturated/α-hetero) is 1. The lowest BCUT2D eigenvalue weighted by atomic mass is 10.1. The molecule has 2 aromatic carbocycles. The number of para-hydroxylation sites is 1. The summed E-state index contributed by atoms with van der Waals surface area (Å²) in [6.07, 6.45) is 0. The summed E-state index contributed by atoms with van der Waals surface area (Å²) in [4.78, 5) is 27.0. The molecular formula is C21H20ClN3O2. The summed E-state index contributed by atoms with van der Waals surface area (Å²) >= 11 is 6.15. The number of hydrogen-bond donors (Lipinski definition) is 0. The molecule has 0 unspecified atom stereocenters. The number of halogens is 1. The molecule has 1 aromatic heterocycles. The molecule has 0 atom stereocenters. The van der Waals surface area contributed by atoms with Crippen LogP contribution in [0.5, 0.6) is 0 Å². The van der Waals surface area contributed by atoms with E-state index in [1.54, 1.807) is 31.6 Å². The summed E-state index contributed by atoms with van der Waals surface area (Å²) in [5.74, 6) is -1.16. The summed E-state index contributed by atoms with van der Waals surface area (Å²) in [6, 6.07) is 16.8. The standard InChI is InChI=1S/C21H20ClN3O2/c1-14-19(15(2)25(23-14)17-10-5-4-6-11-17)20(26)21(27)24(3)13-16-9-7-8-12-18(16)22/h4-12H,13H2,1-3H3. The highest BCUT2D eigenvalue weighted by atomic mass is 35.5. The molecule has 0 aliphatic heterocycles. The van der Waals surface area contributed by atoms with Gasteiger partial charge in [0.2, 0.25) is 0 Å². The van der Waals surface area contributed by atoms with E-state index in [2.05, 4.69) is 5.10 Å². The third-order valence-corrected chi connectivity index (χ3v) is 4.79. The Morgan fingerprint density at radius 1 is 1.04 bits per heavy atom. The fourth-order valence-electron chi connectivity index (χ4n) is 3.03. The highest BCUT2D eigenvalue weighted by Crippen LogP contribution is 2.20. The summed E-state index contributed by atoms with van der Waals surface area (Å²) in [5, 5.41) is 5.01. The number of likely N-dealkylation sites (N-methyl/N-ethyl adjacent to an activating group) is 1. The number of hydrogen-bond acceptors (Lipinski definition) is 3. The maximum Gasteiger partial charge on any atom is 0.295 e. The number of aryl methyl sites for hydroxylation is 1. The van der Waals surface area contributed by atoms with Gasteiger partial charge in [-0.25, -0.2) is 4.68 Å². The molecule has 1 amide bonds. The van der Waals surface area contributed by atoms with Crippen LogP contribution >= 0.6 is 11.6 Å². The fraction of sp³-hybridized carbons (Fsp3) is 0.190. The summed E-state index contributed by atoms with van der Waals surface area (Å²) < 4.78 is 1.68. The highest BCUT2D eigenvalue weighted by molar-refractivity contribution is 6.43. The van der Waals surface area contributed by atoms with Gasteiger partial charge in [-0.3, -0.25) is 9.59 Å². The van der Waals surface area contributed by atoms with Crippen LogP contribution in [-0.4, -0.2) is 33.4 Å². The molecule has 5 nitrogen and oxygen atoms in total. The quantitative estimate of drug-likeness (QED) is 0.496. The zero-order valence-electron chi connectivity index (χ0n) is 15.4. The first-order valence-corrected chi connectivity index (χ1v) is 8.92. The maximum absolute atomic E-state index is 12.9. The largest absolute Gasteiger partial charge is 0.334 e. The van der Waals surface area contributed by atoms with Crippen LogP contribution in [0.3, 0.4) is 0 Å². The van der Waals surface area contributed by atoms with Crippen LogP contribution in [0.15, 0.2) is 54.6 Å². The molecule has 0 spiro atoms. The summed E-state index contributed by atoms with van der Waals surface area (Å²) in [6.45, 7) is 3.79. The van der Waals surface area contributed by atoms with Crippen LogP contribution in [0.25, 0.3) is 5.69 Å². The Morgan fingerprint density at radius 3 is 2.33 bits per heavy atom. The van der Waals surface area contributed by atoms with Gasteiger partial charge in [-0.1, -0.05) is 48.0 Å². The van der Waals surface area contributed by atoms with E-state index in [1.165, 1.54) is 4.90 Å². The minimum Gasteiger partial charge on any atom is -0.334 e. The predicted octanol–water partition coefficient (Wildman–Crippen LogP) is 3.98. The van der Waals surface area contributed by atoms with Gasteiger partial charge in [0, 0.05) is 18.6 Å². The average Bonchev–Trinajstić information content (AvgIpc) is 2.97. The first-order chi connectivity index (χ1) is 12.9. The van der Waals surface area contributed by atoms with Crippen molar-refractivity contribution >= 4 is 23.3 Å². The molecule has 0 aliphatic carbocycles. The van der Waals surface area contributed by atoms with Crippen LogP contribution in [0, 0.1) is 13.8 Å². The highest BCUT2D eigenvalue weighted by Gasteiger charge is 2.27. The first-order valence-electron chi connectivity index (χ1n) is 8.55. The topological polar surface area (TPSA) is 55.2 Å². The van der Waals surface area contributed by atoms with Crippen molar-refractivity contribution in [2.24, 2.45) is 0 Å². The van der Waals surface area contributed by atoms with Gasteiger partial charge in [-0.15, -0.1) is 0 Å². The molecule has 0 saturated heterocycles. The van der Waals surface area contributed by atoms with Crippen molar-refractivity contribution in [3.8, 4) is 5.69 Å². The number of aromatic nitrogens is 2. The zero-order valence-corrected chi connectivity index (χ0v) is 16.2. The first kappa shape index (κ1) is 18.9. The smallest absolute Gasteiger partial charge is 0.295 e. The van der Waals surface area contributed by atoms with Crippen LogP contribution in [0.4, 0.5) is 0 Å². The van der Waals surface area contributed by atoms with Crippen molar-refractivity contribution in [1.29, 1.82) is 0 Å². The molecular weight excluding hydrogens is 362 g/mol. The lowest BCUT2D eigenvalue weighted by molar-refractivity contribution is -0.125.